The summed E-state index contributed by atoms with van der Waals surface area (Å²) in [5.74, 6) is -0.428. The molecule has 1 unspecified atom stereocenters. The standard InChI is InChI=1S/C23H30N2O5S/c1-18(2)30-21-12-10-20(11-13-21)24-31(27,28)17-23(26)25(16-22-9-6-14-29-22)15-19-7-4-3-5-8-19/h3-5,7-8,10-13,18,22,24H,6,9,14-17H2,1-2H3. The van der Waals surface area contributed by atoms with Crippen molar-refractivity contribution in [3.8, 4) is 5.75 Å². The van der Waals surface area contributed by atoms with Crippen LogP contribution in [0.25, 0.3) is 0 Å². The molecule has 1 amide bonds. The normalized spacial score (nSPS) is 16.3. The predicted octanol–water partition coefficient (Wildman–Crippen LogP) is 3.42. The Labute approximate surface area is 184 Å². The molecular formula is C23H30N2O5S. The van der Waals surface area contributed by atoms with Gasteiger partial charge in [-0.3, -0.25) is 9.52 Å². The highest BCUT2D eigenvalue weighted by molar-refractivity contribution is 7.93. The Bertz CT molecular complexity index is 940. The molecule has 7 nitrogen and oxygen atoms in total. The van der Waals surface area contributed by atoms with Crippen molar-refractivity contribution in [1.82, 2.24) is 4.90 Å². The number of rotatable bonds is 10. The van der Waals surface area contributed by atoms with Gasteiger partial charge in [0.05, 0.1) is 12.2 Å². The molecule has 1 aliphatic heterocycles. The Morgan fingerprint density at radius 1 is 1.16 bits per heavy atom. The van der Waals surface area contributed by atoms with Crippen LogP contribution in [0.4, 0.5) is 5.69 Å². The lowest BCUT2D eigenvalue weighted by molar-refractivity contribution is -0.130. The van der Waals surface area contributed by atoms with Gasteiger partial charge in [-0.15, -0.1) is 0 Å². The van der Waals surface area contributed by atoms with Crippen LogP contribution in [-0.4, -0.2) is 50.3 Å². The largest absolute Gasteiger partial charge is 0.491 e. The highest BCUT2D eigenvalue weighted by atomic mass is 32.2. The summed E-state index contributed by atoms with van der Waals surface area (Å²) in [7, 11) is -3.86. The second kappa shape index (κ2) is 10.6. The van der Waals surface area contributed by atoms with E-state index in [0.29, 0.717) is 31.1 Å². The van der Waals surface area contributed by atoms with Crippen molar-refractivity contribution in [2.24, 2.45) is 0 Å². The third-order valence-electron chi connectivity index (χ3n) is 4.83. The Kier molecular flexibility index (Phi) is 7.92. The molecule has 0 saturated carbocycles. The van der Waals surface area contributed by atoms with E-state index in [9.17, 15) is 13.2 Å². The number of hydrogen-bond donors (Lipinski definition) is 1. The Morgan fingerprint density at radius 2 is 1.87 bits per heavy atom. The monoisotopic (exact) mass is 446 g/mol. The predicted molar refractivity (Wildman–Crippen MR) is 120 cm³/mol. The number of hydrogen-bond acceptors (Lipinski definition) is 5. The molecule has 0 bridgehead atoms. The fourth-order valence-electron chi connectivity index (χ4n) is 3.44. The van der Waals surface area contributed by atoms with E-state index >= 15 is 0 Å². The third-order valence-corrected chi connectivity index (χ3v) is 6.00. The second-order valence-corrected chi connectivity index (χ2v) is 9.67. The first kappa shape index (κ1) is 23.1. The lowest BCUT2D eigenvalue weighted by Crippen LogP contribution is -2.41. The lowest BCUT2D eigenvalue weighted by atomic mass is 10.2. The van der Waals surface area contributed by atoms with Gasteiger partial charge in [-0.25, -0.2) is 8.42 Å². The van der Waals surface area contributed by atoms with Gasteiger partial charge >= 0.3 is 0 Å². The van der Waals surface area contributed by atoms with Crippen molar-refractivity contribution in [3.05, 3.63) is 60.2 Å². The van der Waals surface area contributed by atoms with Crippen molar-refractivity contribution >= 4 is 21.6 Å². The average Bonchev–Trinajstić information content (AvgIpc) is 3.22. The summed E-state index contributed by atoms with van der Waals surface area (Å²) < 4.78 is 39.0. The van der Waals surface area contributed by atoms with Gasteiger partial charge in [0.15, 0.2) is 0 Å². The topological polar surface area (TPSA) is 84.9 Å². The SMILES string of the molecule is CC(C)Oc1ccc(NS(=O)(=O)CC(=O)N(Cc2ccccc2)CC2CCCO2)cc1. The first-order valence-electron chi connectivity index (χ1n) is 10.5. The number of amides is 1. The van der Waals surface area contributed by atoms with Gasteiger partial charge in [0.25, 0.3) is 0 Å². The van der Waals surface area contributed by atoms with Crippen LogP contribution in [-0.2, 0) is 26.1 Å². The average molecular weight is 447 g/mol. The zero-order valence-electron chi connectivity index (χ0n) is 18.0. The van der Waals surface area contributed by atoms with Crippen LogP contribution < -0.4 is 9.46 Å². The number of carbonyl (C=O) groups is 1. The van der Waals surface area contributed by atoms with Gasteiger partial charge in [-0.2, -0.15) is 0 Å². The van der Waals surface area contributed by atoms with E-state index in [4.69, 9.17) is 9.47 Å². The molecule has 1 fully saturated rings. The molecule has 8 heteroatoms. The molecule has 2 aromatic rings. The van der Waals surface area contributed by atoms with Crippen LogP contribution >= 0.6 is 0 Å². The number of ether oxygens (including phenoxy) is 2. The van der Waals surface area contributed by atoms with Gasteiger partial charge in [-0.05, 0) is 56.5 Å². The second-order valence-electron chi connectivity index (χ2n) is 7.95. The van der Waals surface area contributed by atoms with Gasteiger partial charge in [-0.1, -0.05) is 30.3 Å². The van der Waals surface area contributed by atoms with Crippen LogP contribution in [0.3, 0.4) is 0 Å². The molecule has 1 heterocycles. The van der Waals surface area contributed by atoms with E-state index in [1.165, 1.54) is 0 Å². The van der Waals surface area contributed by atoms with Crippen molar-refractivity contribution in [1.29, 1.82) is 0 Å². The van der Waals surface area contributed by atoms with Crippen LogP contribution in [0.15, 0.2) is 54.6 Å². The minimum absolute atomic E-state index is 0.0274. The van der Waals surface area contributed by atoms with E-state index in [2.05, 4.69) is 4.72 Å². The Hall–Kier alpha value is -2.58. The third kappa shape index (κ3) is 7.56. The summed E-state index contributed by atoms with van der Waals surface area (Å²) in [6, 6.07) is 16.2. The number of nitrogens with zero attached hydrogens (tertiary/aromatic N) is 1. The van der Waals surface area contributed by atoms with Gasteiger partial charge < -0.3 is 14.4 Å². The highest BCUT2D eigenvalue weighted by Crippen LogP contribution is 2.19. The number of nitrogens with one attached hydrogen (secondary N) is 1. The molecule has 1 N–H and O–H groups in total. The highest BCUT2D eigenvalue weighted by Gasteiger charge is 2.26. The van der Waals surface area contributed by atoms with Crippen LogP contribution in [0.1, 0.15) is 32.3 Å². The summed E-state index contributed by atoms with van der Waals surface area (Å²) >= 11 is 0. The molecule has 31 heavy (non-hydrogen) atoms. The first-order chi connectivity index (χ1) is 14.8. The molecule has 0 radical (unpaired) electrons. The lowest BCUT2D eigenvalue weighted by Gasteiger charge is -2.25. The summed E-state index contributed by atoms with van der Waals surface area (Å²) in [6.45, 7) is 5.23. The molecule has 0 aliphatic carbocycles. The smallest absolute Gasteiger partial charge is 0.241 e. The van der Waals surface area contributed by atoms with Gasteiger partial charge in [0.1, 0.15) is 11.5 Å². The number of anilines is 1. The zero-order chi connectivity index (χ0) is 22.3. The van der Waals surface area contributed by atoms with E-state index in [-0.39, 0.29) is 12.2 Å². The molecule has 168 valence electrons. The van der Waals surface area contributed by atoms with Crippen LogP contribution in [0.2, 0.25) is 0 Å². The number of benzene rings is 2. The van der Waals surface area contributed by atoms with Crippen molar-refractivity contribution in [2.45, 2.75) is 45.4 Å². The fraction of sp³-hybridized carbons (Fsp3) is 0.435. The minimum atomic E-state index is -3.86. The molecule has 3 rings (SSSR count). The summed E-state index contributed by atoms with van der Waals surface area (Å²) in [5, 5.41) is 0. The molecular weight excluding hydrogens is 416 g/mol. The van der Waals surface area contributed by atoms with E-state index in [1.54, 1.807) is 29.2 Å². The number of sulfonamides is 1. The maximum atomic E-state index is 12.9. The molecule has 1 aliphatic rings. The Balaban J connectivity index is 1.65. The first-order valence-corrected chi connectivity index (χ1v) is 12.2. The van der Waals surface area contributed by atoms with E-state index < -0.39 is 21.7 Å². The molecule has 0 aromatic heterocycles. The molecule has 0 spiro atoms. The van der Waals surface area contributed by atoms with Crippen LogP contribution in [0, 0.1) is 0 Å². The fourth-order valence-corrected chi connectivity index (χ4v) is 4.51. The van der Waals surface area contributed by atoms with E-state index in [1.807, 2.05) is 44.2 Å². The van der Waals surface area contributed by atoms with Gasteiger partial charge in [0.2, 0.25) is 15.9 Å². The molecule has 1 saturated heterocycles. The van der Waals surface area contributed by atoms with Crippen LogP contribution in [0.5, 0.6) is 5.75 Å². The molecule has 2 aromatic carbocycles. The van der Waals surface area contributed by atoms with E-state index in [0.717, 1.165) is 18.4 Å². The van der Waals surface area contributed by atoms with Crippen molar-refractivity contribution in [2.75, 3.05) is 23.6 Å². The van der Waals surface area contributed by atoms with Crippen molar-refractivity contribution in [3.63, 3.8) is 0 Å². The maximum absolute atomic E-state index is 12.9. The summed E-state index contributed by atoms with van der Waals surface area (Å²) in [5.41, 5.74) is 1.33. The zero-order valence-corrected chi connectivity index (χ0v) is 18.8. The van der Waals surface area contributed by atoms with Crippen molar-refractivity contribution < 1.29 is 22.7 Å². The number of carbonyl (C=O) groups excluding carboxylic acids is 1. The molecule has 1 atom stereocenters. The summed E-state index contributed by atoms with van der Waals surface area (Å²) in [4.78, 5) is 14.5. The maximum Gasteiger partial charge on any atom is 0.241 e. The minimum Gasteiger partial charge on any atom is -0.491 e. The summed E-state index contributed by atoms with van der Waals surface area (Å²) in [6.07, 6.45) is 1.79. The quantitative estimate of drug-likeness (QED) is 0.604. The Morgan fingerprint density at radius 3 is 2.48 bits per heavy atom. The van der Waals surface area contributed by atoms with Gasteiger partial charge in [0, 0.05) is 25.4 Å².